The number of carboxylic acid groups (broad SMARTS) is 1. The topological polar surface area (TPSA) is 93.1 Å². The van der Waals surface area contributed by atoms with Crippen LogP contribution in [0.4, 0.5) is 10.5 Å². The monoisotopic (exact) mass is 427 g/mol. The molecule has 156 valence electrons. The number of thioether (sulfide) groups is 1. The number of anilines is 1. The smallest absolute Gasteiger partial charge is 0.344 e. The summed E-state index contributed by atoms with van der Waals surface area (Å²) in [6.45, 7) is 4.14. The van der Waals surface area contributed by atoms with Crippen LogP contribution in [-0.2, 0) is 9.59 Å². The van der Waals surface area contributed by atoms with E-state index in [2.05, 4.69) is 0 Å². The number of benzene rings is 2. The van der Waals surface area contributed by atoms with Crippen LogP contribution >= 0.6 is 11.8 Å². The summed E-state index contributed by atoms with van der Waals surface area (Å²) >= 11 is 0.867. The van der Waals surface area contributed by atoms with Gasteiger partial charge in [-0.05, 0) is 73.1 Å². The second-order valence-electron chi connectivity index (χ2n) is 6.37. The fourth-order valence-electron chi connectivity index (χ4n) is 2.82. The molecule has 8 heteroatoms. The molecule has 0 aromatic heterocycles. The van der Waals surface area contributed by atoms with Crippen LogP contribution in [0, 0.1) is 0 Å². The summed E-state index contributed by atoms with van der Waals surface area (Å²) in [5.74, 6) is -0.334. The normalized spacial score (nSPS) is 16.1. The molecule has 0 aliphatic carbocycles. The van der Waals surface area contributed by atoms with Crippen LogP contribution in [0.5, 0.6) is 11.5 Å². The molecule has 2 aromatic rings. The van der Waals surface area contributed by atoms with Crippen molar-refractivity contribution in [1.82, 2.24) is 0 Å². The lowest BCUT2D eigenvalue weighted by Crippen LogP contribution is -2.27. The Morgan fingerprint density at radius 3 is 2.27 bits per heavy atom. The number of rotatable bonds is 8. The van der Waals surface area contributed by atoms with Gasteiger partial charge < -0.3 is 14.6 Å². The average Bonchev–Trinajstić information content (AvgIpc) is 3.01. The van der Waals surface area contributed by atoms with Crippen molar-refractivity contribution in [1.29, 1.82) is 0 Å². The highest BCUT2D eigenvalue weighted by molar-refractivity contribution is 8.19. The minimum absolute atomic E-state index is 0.305. The SMILES string of the molecule is CCOc1ccc(N2C(=O)S/C(=C/c3ccc(OC(CC)C(=O)O)cc3)C2=O)cc1. The first kappa shape index (κ1) is 21.4. The molecule has 2 amide bonds. The molecule has 3 rings (SSSR count). The van der Waals surface area contributed by atoms with Crippen LogP contribution in [0.15, 0.2) is 53.4 Å². The molecule has 0 saturated carbocycles. The van der Waals surface area contributed by atoms with E-state index < -0.39 is 18.0 Å². The number of carbonyl (C=O) groups excluding carboxylic acids is 2. The molecule has 0 radical (unpaired) electrons. The highest BCUT2D eigenvalue weighted by atomic mass is 32.2. The zero-order valence-electron chi connectivity index (χ0n) is 16.5. The lowest BCUT2D eigenvalue weighted by atomic mass is 10.2. The zero-order chi connectivity index (χ0) is 21.7. The number of amides is 2. The first-order valence-electron chi connectivity index (χ1n) is 9.43. The van der Waals surface area contributed by atoms with Crippen LogP contribution in [0.3, 0.4) is 0 Å². The van der Waals surface area contributed by atoms with E-state index in [4.69, 9.17) is 14.6 Å². The number of hydrogen-bond donors (Lipinski definition) is 1. The van der Waals surface area contributed by atoms with Crippen molar-refractivity contribution in [3.63, 3.8) is 0 Å². The summed E-state index contributed by atoms with van der Waals surface area (Å²) in [4.78, 5) is 37.7. The van der Waals surface area contributed by atoms with Gasteiger partial charge in [-0.15, -0.1) is 0 Å². The van der Waals surface area contributed by atoms with Crippen molar-refractivity contribution in [3.8, 4) is 11.5 Å². The number of hydrogen-bond acceptors (Lipinski definition) is 6. The van der Waals surface area contributed by atoms with Gasteiger partial charge in [0.1, 0.15) is 11.5 Å². The van der Waals surface area contributed by atoms with E-state index in [1.807, 2.05) is 6.92 Å². The molecule has 30 heavy (non-hydrogen) atoms. The number of carboxylic acids is 1. The fourth-order valence-corrected chi connectivity index (χ4v) is 3.66. The quantitative estimate of drug-likeness (QED) is 0.617. The van der Waals surface area contributed by atoms with Gasteiger partial charge in [-0.25, -0.2) is 9.69 Å². The Balaban J connectivity index is 1.74. The van der Waals surface area contributed by atoms with E-state index >= 15 is 0 Å². The molecular weight excluding hydrogens is 406 g/mol. The third-order valence-electron chi connectivity index (χ3n) is 4.30. The second-order valence-corrected chi connectivity index (χ2v) is 7.36. The van der Waals surface area contributed by atoms with Crippen molar-refractivity contribution >= 4 is 40.6 Å². The summed E-state index contributed by atoms with van der Waals surface area (Å²) in [7, 11) is 0. The van der Waals surface area contributed by atoms with Crippen molar-refractivity contribution in [2.45, 2.75) is 26.4 Å². The van der Waals surface area contributed by atoms with Gasteiger partial charge in [0.2, 0.25) is 0 Å². The van der Waals surface area contributed by atoms with Crippen LogP contribution in [-0.4, -0.2) is 34.9 Å². The molecule has 1 unspecified atom stereocenters. The van der Waals surface area contributed by atoms with Gasteiger partial charge in [0.15, 0.2) is 6.10 Å². The molecule has 0 spiro atoms. The molecule has 2 aromatic carbocycles. The van der Waals surface area contributed by atoms with Gasteiger partial charge in [-0.1, -0.05) is 19.1 Å². The summed E-state index contributed by atoms with van der Waals surface area (Å²) in [5.41, 5.74) is 1.18. The zero-order valence-corrected chi connectivity index (χ0v) is 17.3. The fraction of sp³-hybridized carbons (Fsp3) is 0.227. The molecule has 1 atom stereocenters. The summed E-state index contributed by atoms with van der Waals surface area (Å²) in [6, 6.07) is 13.4. The molecule has 1 aliphatic heterocycles. The molecule has 0 bridgehead atoms. The van der Waals surface area contributed by atoms with Gasteiger partial charge >= 0.3 is 5.97 Å². The van der Waals surface area contributed by atoms with E-state index in [0.29, 0.717) is 40.7 Å². The number of ether oxygens (including phenoxy) is 2. The Kier molecular flexibility index (Phi) is 6.79. The first-order chi connectivity index (χ1) is 14.4. The standard InChI is InChI=1S/C22H21NO6S/c1-3-18(21(25)26)29-17-9-5-14(6-10-17)13-19-20(24)23(22(27)30-19)15-7-11-16(12-8-15)28-4-2/h5-13,18H,3-4H2,1-2H3,(H,25,26)/b19-13+. The van der Waals surface area contributed by atoms with E-state index in [9.17, 15) is 14.4 Å². The maximum Gasteiger partial charge on any atom is 0.344 e. The van der Waals surface area contributed by atoms with Crippen molar-refractivity contribution in [3.05, 3.63) is 59.0 Å². The number of nitrogens with zero attached hydrogens (tertiary/aromatic N) is 1. The number of imide groups is 1. The van der Waals surface area contributed by atoms with Crippen LogP contribution in [0.2, 0.25) is 0 Å². The second kappa shape index (κ2) is 9.49. The minimum Gasteiger partial charge on any atom is -0.494 e. The van der Waals surface area contributed by atoms with Gasteiger partial charge in [-0.2, -0.15) is 0 Å². The lowest BCUT2D eigenvalue weighted by molar-refractivity contribution is -0.145. The number of carbonyl (C=O) groups is 3. The van der Waals surface area contributed by atoms with Crippen molar-refractivity contribution < 1.29 is 29.0 Å². The number of aliphatic carboxylic acids is 1. The largest absolute Gasteiger partial charge is 0.494 e. The van der Waals surface area contributed by atoms with Gasteiger partial charge in [-0.3, -0.25) is 9.59 Å². The van der Waals surface area contributed by atoms with E-state index in [-0.39, 0.29) is 5.24 Å². The Labute approximate surface area is 178 Å². The molecule has 1 heterocycles. The van der Waals surface area contributed by atoms with Crippen LogP contribution in [0.25, 0.3) is 6.08 Å². The molecule has 1 aliphatic rings. The first-order valence-corrected chi connectivity index (χ1v) is 10.2. The van der Waals surface area contributed by atoms with Gasteiger partial charge in [0.25, 0.3) is 11.1 Å². The minimum atomic E-state index is -1.02. The maximum atomic E-state index is 12.8. The van der Waals surface area contributed by atoms with E-state index in [1.54, 1.807) is 61.5 Å². The molecule has 7 nitrogen and oxygen atoms in total. The van der Waals surface area contributed by atoms with Crippen LogP contribution < -0.4 is 14.4 Å². The molecular formula is C22H21NO6S. The average molecular weight is 427 g/mol. The van der Waals surface area contributed by atoms with Crippen molar-refractivity contribution in [2.24, 2.45) is 0 Å². The third kappa shape index (κ3) is 4.83. The Morgan fingerprint density at radius 2 is 1.70 bits per heavy atom. The van der Waals surface area contributed by atoms with Gasteiger partial charge in [0.05, 0.1) is 17.2 Å². The summed E-state index contributed by atoms with van der Waals surface area (Å²) in [5, 5.41) is 8.70. The predicted molar refractivity (Wildman–Crippen MR) is 115 cm³/mol. The molecule has 1 saturated heterocycles. The highest BCUT2D eigenvalue weighted by Gasteiger charge is 2.36. The molecule has 1 N–H and O–H groups in total. The predicted octanol–water partition coefficient (Wildman–Crippen LogP) is 4.57. The third-order valence-corrected chi connectivity index (χ3v) is 5.17. The summed E-state index contributed by atoms with van der Waals surface area (Å²) < 4.78 is 10.8. The van der Waals surface area contributed by atoms with Gasteiger partial charge in [0, 0.05) is 0 Å². The van der Waals surface area contributed by atoms with E-state index in [0.717, 1.165) is 16.7 Å². The Bertz CT molecular complexity index is 968. The highest BCUT2D eigenvalue weighted by Crippen LogP contribution is 2.36. The van der Waals surface area contributed by atoms with Crippen LogP contribution in [0.1, 0.15) is 25.8 Å². The Hall–Kier alpha value is -3.26. The molecule has 1 fully saturated rings. The maximum absolute atomic E-state index is 12.8. The summed E-state index contributed by atoms with van der Waals surface area (Å²) in [6.07, 6.45) is 1.05. The Morgan fingerprint density at radius 1 is 1.07 bits per heavy atom. The lowest BCUT2D eigenvalue weighted by Gasteiger charge is -2.13. The van der Waals surface area contributed by atoms with Crippen molar-refractivity contribution in [2.75, 3.05) is 11.5 Å². The van der Waals surface area contributed by atoms with E-state index in [1.165, 1.54) is 0 Å².